The maximum absolute atomic E-state index is 15.4. The number of aliphatic hydroxyl groups excluding tert-OH is 2. The molecule has 0 spiro atoms. The largest absolute Gasteiger partial charge is 0.459 e. The number of aliphatic hydroxyl groups is 2. The van der Waals surface area contributed by atoms with Crippen LogP contribution in [-0.2, 0) is 38.8 Å². The Bertz CT molecular complexity index is 3130. The first kappa shape index (κ1) is 53.8. The summed E-state index contributed by atoms with van der Waals surface area (Å²) in [6, 6.07) is 57.8. The van der Waals surface area contributed by atoms with Gasteiger partial charge < -0.3 is 38.7 Å². The molecule has 7 aromatic rings. The lowest BCUT2D eigenvalue weighted by Gasteiger charge is -2.59. The maximum Gasteiger partial charge on any atom is 0.410 e. The molecule has 0 aromatic heterocycles. The van der Waals surface area contributed by atoms with Gasteiger partial charge in [-0.2, -0.15) is 0 Å². The number of nitrogens with zero attached hydrogens (tertiary/aromatic N) is 2. The Hall–Kier alpha value is -7.54. The SMILES string of the molecule is C=CCO[C@@]12Oc3ccc(Oc4ccc(-c5ccccc5)cc4)cc3[C@H]3[C@H](CCCCO)[C@@H](CCCCO)C=C(C(=NOCc4ccccc4)C[C@@H]1N(Cc1cccc4ccccc14)C(=O)OCCOCc1ccccc1)[C@H]32. The Morgan fingerprint density at radius 3 is 2.13 bits per heavy atom. The van der Waals surface area contributed by atoms with E-state index < -0.39 is 23.8 Å². The number of fused-ring (bicyclic) bond motifs is 3. The molecule has 0 saturated heterocycles. The molecule has 1 fully saturated rings. The lowest BCUT2D eigenvalue weighted by Crippen LogP contribution is -2.70. The molecule has 2 N–H and O–H groups in total. The van der Waals surface area contributed by atoms with Gasteiger partial charge in [0, 0.05) is 31.1 Å². The van der Waals surface area contributed by atoms with E-state index in [0.717, 1.165) is 75.4 Å². The Balaban J connectivity index is 1.11. The highest BCUT2D eigenvalue weighted by Gasteiger charge is 2.66. The molecule has 3 aliphatic rings. The molecule has 7 aromatic carbocycles. The topological polar surface area (TPSA) is 129 Å². The Kier molecular flexibility index (Phi) is 18.1. The number of oxime groups is 1. The van der Waals surface area contributed by atoms with Crippen molar-refractivity contribution in [1.29, 1.82) is 0 Å². The number of hydrogen-bond donors (Lipinski definition) is 2. The Morgan fingerprint density at radius 1 is 0.718 bits per heavy atom. The van der Waals surface area contributed by atoms with Crippen LogP contribution in [0.3, 0.4) is 0 Å². The molecule has 0 bridgehead atoms. The second kappa shape index (κ2) is 26.2. The van der Waals surface area contributed by atoms with Crippen LogP contribution in [-0.4, -0.2) is 71.8 Å². The minimum atomic E-state index is -1.52. The van der Waals surface area contributed by atoms with Crippen molar-refractivity contribution in [3.8, 4) is 28.4 Å². The van der Waals surface area contributed by atoms with E-state index in [2.05, 4.69) is 67.3 Å². The summed E-state index contributed by atoms with van der Waals surface area (Å²) in [5.74, 6) is -0.348. The molecule has 402 valence electrons. The fraction of sp³-hybridized carbons (Fsp3) is 0.313. The number of benzene rings is 7. The highest BCUT2D eigenvalue weighted by molar-refractivity contribution is 6.03. The molecule has 6 atom stereocenters. The lowest BCUT2D eigenvalue weighted by atomic mass is 9.55. The van der Waals surface area contributed by atoms with Gasteiger partial charge in [-0.15, -0.1) is 6.58 Å². The number of hydrogen-bond acceptors (Lipinski definition) is 10. The van der Waals surface area contributed by atoms with Crippen LogP contribution >= 0.6 is 0 Å². The van der Waals surface area contributed by atoms with Crippen molar-refractivity contribution in [2.24, 2.45) is 22.9 Å². The van der Waals surface area contributed by atoms with E-state index in [0.29, 0.717) is 42.4 Å². The molecule has 11 heteroatoms. The molecule has 0 unspecified atom stereocenters. The van der Waals surface area contributed by atoms with Crippen molar-refractivity contribution in [2.75, 3.05) is 33.0 Å². The summed E-state index contributed by atoms with van der Waals surface area (Å²) in [5.41, 5.74) is 7.68. The number of carbonyl (C=O) groups is 1. The van der Waals surface area contributed by atoms with Gasteiger partial charge in [0.15, 0.2) is 0 Å². The summed E-state index contributed by atoms with van der Waals surface area (Å²) >= 11 is 0. The third-order valence-corrected chi connectivity index (χ3v) is 15.5. The Labute approximate surface area is 458 Å². The number of unbranched alkanes of at least 4 members (excludes halogenated alkanes) is 2. The maximum atomic E-state index is 15.4. The number of amides is 1. The summed E-state index contributed by atoms with van der Waals surface area (Å²) in [4.78, 5) is 23.6. The van der Waals surface area contributed by atoms with Crippen LogP contribution in [0.1, 0.15) is 73.1 Å². The second-order valence-corrected chi connectivity index (χ2v) is 20.4. The first-order valence-electron chi connectivity index (χ1n) is 27.6. The van der Waals surface area contributed by atoms with E-state index in [-0.39, 0.29) is 70.4 Å². The zero-order valence-corrected chi connectivity index (χ0v) is 44.2. The van der Waals surface area contributed by atoms with Crippen molar-refractivity contribution in [3.05, 3.63) is 222 Å². The van der Waals surface area contributed by atoms with Crippen molar-refractivity contribution in [2.45, 2.75) is 82.5 Å². The molecule has 1 heterocycles. The van der Waals surface area contributed by atoms with E-state index in [9.17, 15) is 10.2 Å². The van der Waals surface area contributed by atoms with E-state index in [1.54, 1.807) is 11.0 Å². The summed E-state index contributed by atoms with van der Waals surface area (Å²) in [6.45, 7) is 5.37. The van der Waals surface area contributed by atoms with E-state index in [1.165, 1.54) is 0 Å². The summed E-state index contributed by atoms with van der Waals surface area (Å²) in [6.07, 6.45) is 8.20. The van der Waals surface area contributed by atoms with Gasteiger partial charge in [0.2, 0.25) is 5.79 Å². The van der Waals surface area contributed by atoms with Gasteiger partial charge in [0.25, 0.3) is 0 Å². The van der Waals surface area contributed by atoms with Crippen molar-refractivity contribution in [3.63, 3.8) is 0 Å². The average molecular weight is 1050 g/mol. The smallest absolute Gasteiger partial charge is 0.410 e. The average Bonchev–Trinajstić information content (AvgIpc) is 3.60. The predicted octanol–water partition coefficient (Wildman–Crippen LogP) is 14.0. The standard InChI is InChI=1S/C67H70N2O9/c1-2-39-75-67-63(69(45-54-28-18-27-52-25-12-13-29-57(52)54)66(72)74-41-40-73-46-48-19-6-3-7-20-48)44-61(68-76-47-49-21-8-4-9-22-49)59-42-53(26-14-16-37-70)58(30-15-17-38-71)64(65(59)67)60-43-56(35-36-62(60)78-67)77-55-33-31-51(32-34-55)50-23-10-5-11-24-50/h2-13,18-25,27-29,31-36,42-43,53,58,63-65,70-71H,1,14-17,26,30,37-41,44-47H2/t53-,58+,63-,64+,65+,67+/m0/s1. The van der Waals surface area contributed by atoms with Gasteiger partial charge in [0.05, 0.1) is 38.0 Å². The minimum Gasteiger partial charge on any atom is -0.459 e. The molecule has 1 saturated carbocycles. The van der Waals surface area contributed by atoms with Gasteiger partial charge in [0.1, 0.15) is 36.5 Å². The molecule has 1 aliphatic heterocycles. The molecule has 2 aliphatic carbocycles. The zero-order chi connectivity index (χ0) is 53.5. The highest BCUT2D eigenvalue weighted by atomic mass is 16.7. The molecular formula is C67H70N2O9. The fourth-order valence-corrected chi connectivity index (χ4v) is 11.9. The fourth-order valence-electron chi connectivity index (χ4n) is 11.9. The summed E-state index contributed by atoms with van der Waals surface area (Å²) < 4.78 is 34.0. The minimum absolute atomic E-state index is 0.00391. The van der Waals surface area contributed by atoms with Crippen LogP contribution < -0.4 is 9.47 Å². The molecular weight excluding hydrogens is 977 g/mol. The quantitative estimate of drug-likeness (QED) is 0.0327. The van der Waals surface area contributed by atoms with Crippen molar-refractivity contribution >= 4 is 22.6 Å². The van der Waals surface area contributed by atoms with Gasteiger partial charge >= 0.3 is 6.09 Å². The van der Waals surface area contributed by atoms with Crippen molar-refractivity contribution in [1.82, 2.24) is 4.90 Å². The molecule has 78 heavy (non-hydrogen) atoms. The zero-order valence-electron chi connectivity index (χ0n) is 44.2. The predicted molar refractivity (Wildman–Crippen MR) is 305 cm³/mol. The number of rotatable bonds is 25. The van der Waals surface area contributed by atoms with Crippen LogP contribution in [0, 0.1) is 17.8 Å². The monoisotopic (exact) mass is 1050 g/mol. The molecule has 1 amide bonds. The molecule has 10 rings (SSSR count). The van der Waals surface area contributed by atoms with Crippen LogP contribution in [0.2, 0.25) is 0 Å². The number of carbonyl (C=O) groups excluding carboxylic acids is 1. The third kappa shape index (κ3) is 12.4. The molecule has 11 nitrogen and oxygen atoms in total. The van der Waals surface area contributed by atoms with Gasteiger partial charge in [-0.1, -0.05) is 176 Å². The number of allylic oxidation sites excluding steroid dienone is 1. The lowest BCUT2D eigenvalue weighted by molar-refractivity contribution is -0.256. The Morgan fingerprint density at radius 2 is 1.38 bits per heavy atom. The van der Waals surface area contributed by atoms with Crippen LogP contribution in [0.15, 0.2) is 205 Å². The first-order chi connectivity index (χ1) is 38.5. The van der Waals surface area contributed by atoms with Crippen LogP contribution in [0.4, 0.5) is 4.79 Å². The van der Waals surface area contributed by atoms with E-state index in [4.69, 9.17) is 33.7 Å². The van der Waals surface area contributed by atoms with Gasteiger partial charge in [-0.3, -0.25) is 4.90 Å². The third-order valence-electron chi connectivity index (χ3n) is 15.5. The second-order valence-electron chi connectivity index (χ2n) is 20.4. The van der Waals surface area contributed by atoms with Crippen molar-refractivity contribution < 1.29 is 43.5 Å². The van der Waals surface area contributed by atoms with Crippen LogP contribution in [0.25, 0.3) is 21.9 Å². The summed E-state index contributed by atoms with van der Waals surface area (Å²) in [7, 11) is 0. The van der Waals surface area contributed by atoms with E-state index >= 15 is 4.79 Å². The first-order valence-corrected chi connectivity index (χ1v) is 27.6. The molecule has 0 radical (unpaired) electrons. The van der Waals surface area contributed by atoms with Crippen LogP contribution in [0.5, 0.6) is 17.2 Å². The highest BCUT2D eigenvalue weighted by Crippen LogP contribution is 2.62. The van der Waals surface area contributed by atoms with Gasteiger partial charge in [-0.05, 0) is 112 Å². The van der Waals surface area contributed by atoms with E-state index in [1.807, 2.05) is 121 Å². The van der Waals surface area contributed by atoms with Gasteiger partial charge in [-0.25, -0.2) is 4.79 Å². The number of ether oxygens (including phenoxy) is 5. The normalized spacial score (nSPS) is 20.7. The summed E-state index contributed by atoms with van der Waals surface area (Å²) in [5, 5.41) is 27.5.